The van der Waals surface area contributed by atoms with Crippen LogP contribution >= 0.6 is 27.5 Å². The number of nitrogens with zero attached hydrogens (tertiary/aromatic N) is 1. The molecule has 0 saturated heterocycles. The van der Waals surface area contributed by atoms with Gasteiger partial charge in [-0.1, -0.05) is 27.5 Å². The first-order chi connectivity index (χ1) is 6.97. The highest BCUT2D eigenvalue weighted by Crippen LogP contribution is 2.27. The minimum absolute atomic E-state index is 0.116. The summed E-state index contributed by atoms with van der Waals surface area (Å²) in [6.07, 6.45) is 0. The van der Waals surface area contributed by atoms with Crippen molar-refractivity contribution in [1.29, 1.82) is 0 Å². The van der Waals surface area contributed by atoms with Crippen LogP contribution in [0.3, 0.4) is 0 Å². The van der Waals surface area contributed by atoms with E-state index >= 15 is 0 Å². The lowest BCUT2D eigenvalue weighted by atomic mass is 10.0. The minimum atomic E-state index is -0.549. The lowest BCUT2D eigenvalue weighted by Crippen LogP contribution is -2.05. The van der Waals surface area contributed by atoms with Crippen molar-refractivity contribution in [2.24, 2.45) is 0 Å². The predicted molar refractivity (Wildman–Crippen MR) is 61.0 cm³/mol. The number of halogens is 2. The zero-order chi connectivity index (χ0) is 11.6. The molecule has 1 rings (SSSR count). The van der Waals surface area contributed by atoms with Gasteiger partial charge in [0.1, 0.15) is 0 Å². The van der Waals surface area contributed by atoms with Gasteiger partial charge >= 0.3 is 0 Å². The first kappa shape index (κ1) is 12.1. The molecular formula is C9H7BrClNO3. The molecular weight excluding hydrogens is 285 g/mol. The Balaban J connectivity index is 3.41. The van der Waals surface area contributed by atoms with E-state index in [-0.39, 0.29) is 27.4 Å². The van der Waals surface area contributed by atoms with E-state index in [1.165, 1.54) is 19.1 Å². The smallest absolute Gasteiger partial charge is 0.274 e. The summed E-state index contributed by atoms with van der Waals surface area (Å²) >= 11 is 8.70. The third-order valence-electron chi connectivity index (χ3n) is 1.96. The minimum Gasteiger partial charge on any atom is -0.293 e. The van der Waals surface area contributed by atoms with E-state index in [2.05, 4.69) is 15.9 Å². The standard InChI is InChI=1S/C9H7BrClNO3/c1-5-7(9(13)4-10)2-6(11)3-8(5)12(14)15/h2-3H,4H2,1H3. The van der Waals surface area contributed by atoms with E-state index in [0.29, 0.717) is 5.56 Å². The number of benzene rings is 1. The van der Waals surface area contributed by atoms with Crippen molar-refractivity contribution in [3.63, 3.8) is 0 Å². The van der Waals surface area contributed by atoms with Gasteiger partial charge < -0.3 is 0 Å². The van der Waals surface area contributed by atoms with Crippen LogP contribution in [0.4, 0.5) is 5.69 Å². The molecule has 0 aromatic heterocycles. The van der Waals surface area contributed by atoms with Crippen LogP contribution in [0.25, 0.3) is 0 Å². The maximum Gasteiger partial charge on any atom is 0.274 e. The first-order valence-corrected chi connectivity index (χ1v) is 5.51. The van der Waals surface area contributed by atoms with Gasteiger partial charge in [0.05, 0.1) is 10.3 Å². The van der Waals surface area contributed by atoms with Crippen LogP contribution in [0.15, 0.2) is 12.1 Å². The Hall–Kier alpha value is -0.940. The predicted octanol–water partition coefficient (Wildman–Crippen LogP) is 3.13. The van der Waals surface area contributed by atoms with Crippen molar-refractivity contribution in [1.82, 2.24) is 0 Å². The van der Waals surface area contributed by atoms with Gasteiger partial charge in [0.25, 0.3) is 5.69 Å². The molecule has 0 unspecified atom stereocenters. The Morgan fingerprint density at radius 1 is 1.60 bits per heavy atom. The van der Waals surface area contributed by atoms with E-state index in [0.717, 1.165) is 0 Å². The van der Waals surface area contributed by atoms with E-state index < -0.39 is 4.92 Å². The van der Waals surface area contributed by atoms with Gasteiger partial charge in [-0.25, -0.2) is 0 Å². The van der Waals surface area contributed by atoms with Gasteiger partial charge in [0, 0.05) is 22.2 Å². The number of carbonyl (C=O) groups excluding carboxylic acids is 1. The van der Waals surface area contributed by atoms with Crippen molar-refractivity contribution in [3.8, 4) is 0 Å². The summed E-state index contributed by atoms with van der Waals surface area (Å²) in [6, 6.07) is 2.68. The average Bonchev–Trinajstić information content (AvgIpc) is 2.19. The molecule has 0 aliphatic carbocycles. The van der Waals surface area contributed by atoms with E-state index in [4.69, 9.17) is 11.6 Å². The number of hydrogen-bond donors (Lipinski definition) is 0. The summed E-state index contributed by atoms with van der Waals surface area (Å²) < 4.78 is 0. The summed E-state index contributed by atoms with van der Waals surface area (Å²) in [7, 11) is 0. The number of nitro groups is 1. The maximum absolute atomic E-state index is 11.4. The van der Waals surface area contributed by atoms with Crippen LogP contribution in [0.5, 0.6) is 0 Å². The molecule has 0 spiro atoms. The molecule has 0 amide bonds. The monoisotopic (exact) mass is 291 g/mol. The quantitative estimate of drug-likeness (QED) is 0.372. The third kappa shape index (κ3) is 2.54. The number of rotatable bonds is 3. The molecule has 0 aliphatic heterocycles. The number of hydrogen-bond acceptors (Lipinski definition) is 3. The molecule has 15 heavy (non-hydrogen) atoms. The summed E-state index contributed by atoms with van der Waals surface area (Å²) in [5, 5.41) is 11.0. The van der Waals surface area contributed by atoms with Crippen LogP contribution in [-0.4, -0.2) is 16.0 Å². The highest BCUT2D eigenvalue weighted by atomic mass is 79.9. The van der Waals surface area contributed by atoms with Crippen LogP contribution in [0.1, 0.15) is 15.9 Å². The van der Waals surface area contributed by atoms with Crippen LogP contribution in [0, 0.1) is 17.0 Å². The molecule has 1 aromatic carbocycles. The fraction of sp³-hybridized carbons (Fsp3) is 0.222. The zero-order valence-electron chi connectivity index (χ0n) is 7.79. The van der Waals surface area contributed by atoms with Crippen molar-refractivity contribution in [2.75, 3.05) is 5.33 Å². The molecule has 4 nitrogen and oxygen atoms in total. The highest BCUT2D eigenvalue weighted by molar-refractivity contribution is 9.09. The molecule has 0 bridgehead atoms. The second-order valence-corrected chi connectivity index (χ2v) is 3.91. The largest absolute Gasteiger partial charge is 0.293 e. The average molecular weight is 293 g/mol. The van der Waals surface area contributed by atoms with Crippen LogP contribution in [0.2, 0.25) is 5.02 Å². The second kappa shape index (κ2) is 4.72. The highest BCUT2D eigenvalue weighted by Gasteiger charge is 2.19. The second-order valence-electron chi connectivity index (χ2n) is 2.91. The van der Waals surface area contributed by atoms with Crippen LogP contribution in [-0.2, 0) is 0 Å². The van der Waals surface area contributed by atoms with Crippen molar-refractivity contribution in [3.05, 3.63) is 38.4 Å². The molecule has 0 fully saturated rings. The SMILES string of the molecule is Cc1c(C(=O)CBr)cc(Cl)cc1[N+](=O)[O-]. The Kier molecular flexibility index (Phi) is 3.82. The fourth-order valence-corrected chi connectivity index (χ4v) is 1.73. The normalized spacial score (nSPS) is 10.1. The summed E-state index contributed by atoms with van der Waals surface area (Å²) in [4.78, 5) is 21.5. The number of Topliss-reactive ketones (excluding diaryl/α,β-unsaturated/α-hetero) is 1. The van der Waals surface area contributed by atoms with Gasteiger partial charge in [0.15, 0.2) is 5.78 Å². The number of carbonyl (C=O) groups is 1. The van der Waals surface area contributed by atoms with Gasteiger partial charge in [-0.2, -0.15) is 0 Å². The van der Waals surface area contributed by atoms with Crippen LogP contribution < -0.4 is 0 Å². The van der Waals surface area contributed by atoms with Gasteiger partial charge in [-0.05, 0) is 13.0 Å². The molecule has 0 heterocycles. The fourth-order valence-electron chi connectivity index (χ4n) is 1.22. The molecule has 0 N–H and O–H groups in total. The molecule has 0 aliphatic rings. The molecule has 0 saturated carbocycles. The maximum atomic E-state index is 11.4. The lowest BCUT2D eigenvalue weighted by Gasteiger charge is -2.04. The van der Waals surface area contributed by atoms with Crippen molar-refractivity contribution >= 4 is 39.0 Å². The van der Waals surface area contributed by atoms with E-state index in [1.54, 1.807) is 0 Å². The first-order valence-electron chi connectivity index (χ1n) is 4.01. The number of nitro benzene ring substituents is 1. The topological polar surface area (TPSA) is 60.2 Å². The Labute approximate surface area is 99.5 Å². The van der Waals surface area contributed by atoms with Crippen molar-refractivity contribution in [2.45, 2.75) is 6.92 Å². The third-order valence-corrected chi connectivity index (χ3v) is 2.69. The summed E-state index contributed by atoms with van der Waals surface area (Å²) in [5.74, 6) is -0.224. The van der Waals surface area contributed by atoms with E-state index in [1.807, 2.05) is 0 Å². The summed E-state index contributed by atoms with van der Waals surface area (Å²) in [5.41, 5.74) is 0.492. The molecule has 0 atom stereocenters. The summed E-state index contributed by atoms with van der Waals surface area (Å²) in [6.45, 7) is 1.53. The number of alkyl halides is 1. The molecule has 80 valence electrons. The van der Waals surface area contributed by atoms with E-state index in [9.17, 15) is 14.9 Å². The van der Waals surface area contributed by atoms with Gasteiger partial charge in [-0.15, -0.1) is 0 Å². The number of ketones is 1. The lowest BCUT2D eigenvalue weighted by molar-refractivity contribution is -0.385. The Morgan fingerprint density at radius 2 is 2.20 bits per heavy atom. The zero-order valence-corrected chi connectivity index (χ0v) is 10.1. The Bertz CT molecular complexity index is 434. The molecule has 0 radical (unpaired) electrons. The Morgan fingerprint density at radius 3 is 2.67 bits per heavy atom. The van der Waals surface area contributed by atoms with Gasteiger partial charge in [0.2, 0.25) is 0 Å². The van der Waals surface area contributed by atoms with Gasteiger partial charge in [-0.3, -0.25) is 14.9 Å². The molecule has 1 aromatic rings. The van der Waals surface area contributed by atoms with Crippen molar-refractivity contribution < 1.29 is 9.72 Å². The molecule has 6 heteroatoms.